The summed E-state index contributed by atoms with van der Waals surface area (Å²) in [6.07, 6.45) is 0. The van der Waals surface area contributed by atoms with Crippen LogP contribution in [0, 0.1) is 17.8 Å². The van der Waals surface area contributed by atoms with Crippen molar-refractivity contribution in [2.75, 3.05) is 33.4 Å². The van der Waals surface area contributed by atoms with Crippen LogP contribution in [0.25, 0.3) is 0 Å². The van der Waals surface area contributed by atoms with Gasteiger partial charge in [0.1, 0.15) is 0 Å². The van der Waals surface area contributed by atoms with Gasteiger partial charge < -0.3 is 15.0 Å². The van der Waals surface area contributed by atoms with Crippen LogP contribution in [0.15, 0.2) is 0 Å². The summed E-state index contributed by atoms with van der Waals surface area (Å²) in [7, 11) is 1.90. The Hall–Kier alpha value is -0.610. The highest BCUT2D eigenvalue weighted by Gasteiger charge is 2.35. The fourth-order valence-electron chi connectivity index (χ4n) is 2.45. The number of ether oxygens (including phenoxy) is 1. The lowest BCUT2D eigenvalue weighted by Crippen LogP contribution is -2.47. The van der Waals surface area contributed by atoms with Gasteiger partial charge in [-0.1, -0.05) is 27.7 Å². The molecule has 1 aliphatic rings. The standard InChI is InChI=1S/C14H28N2O2/c1-10(2)6-16(7-11(3)4)14(17)12-8-18-9-13(12)15-5/h10-13,15H,6-9H2,1-5H3. The van der Waals surface area contributed by atoms with E-state index in [9.17, 15) is 4.79 Å². The van der Waals surface area contributed by atoms with E-state index in [4.69, 9.17) is 4.74 Å². The van der Waals surface area contributed by atoms with E-state index in [2.05, 4.69) is 33.0 Å². The Morgan fingerprint density at radius 3 is 2.22 bits per heavy atom. The molecule has 4 nitrogen and oxygen atoms in total. The van der Waals surface area contributed by atoms with Crippen LogP contribution >= 0.6 is 0 Å². The van der Waals surface area contributed by atoms with Gasteiger partial charge in [-0.15, -0.1) is 0 Å². The van der Waals surface area contributed by atoms with Crippen LogP contribution < -0.4 is 5.32 Å². The zero-order valence-corrected chi connectivity index (χ0v) is 12.4. The number of likely N-dealkylation sites (N-methyl/N-ethyl adjacent to an activating group) is 1. The van der Waals surface area contributed by atoms with Crippen molar-refractivity contribution in [2.45, 2.75) is 33.7 Å². The third kappa shape index (κ3) is 4.25. The Morgan fingerprint density at radius 2 is 1.78 bits per heavy atom. The summed E-state index contributed by atoms with van der Waals surface area (Å²) in [5.74, 6) is 1.23. The fourth-order valence-corrected chi connectivity index (χ4v) is 2.45. The molecule has 1 amide bonds. The first kappa shape index (κ1) is 15.4. The maximum absolute atomic E-state index is 12.6. The van der Waals surface area contributed by atoms with Crippen LogP contribution in [0.5, 0.6) is 0 Å². The normalized spacial score (nSPS) is 23.9. The zero-order valence-electron chi connectivity index (χ0n) is 12.4. The van der Waals surface area contributed by atoms with Gasteiger partial charge in [0.25, 0.3) is 0 Å². The van der Waals surface area contributed by atoms with Crippen molar-refractivity contribution in [3.8, 4) is 0 Å². The Labute approximate surface area is 111 Å². The molecular formula is C14H28N2O2. The SMILES string of the molecule is CNC1COCC1C(=O)N(CC(C)C)CC(C)C. The summed E-state index contributed by atoms with van der Waals surface area (Å²) in [6.45, 7) is 11.5. The minimum atomic E-state index is -0.0208. The minimum absolute atomic E-state index is 0.0208. The monoisotopic (exact) mass is 256 g/mol. The Morgan fingerprint density at radius 1 is 1.22 bits per heavy atom. The number of carbonyl (C=O) groups is 1. The van der Waals surface area contributed by atoms with Crippen LogP contribution in [0.1, 0.15) is 27.7 Å². The number of amides is 1. The molecule has 0 aromatic heterocycles. The molecular weight excluding hydrogens is 228 g/mol. The fraction of sp³-hybridized carbons (Fsp3) is 0.929. The Bertz CT molecular complexity index is 257. The highest BCUT2D eigenvalue weighted by atomic mass is 16.5. The molecule has 1 N–H and O–H groups in total. The first-order valence-electron chi connectivity index (χ1n) is 6.99. The number of hydrogen-bond acceptors (Lipinski definition) is 3. The largest absolute Gasteiger partial charge is 0.379 e. The molecule has 4 heteroatoms. The van der Waals surface area contributed by atoms with Gasteiger partial charge in [-0.25, -0.2) is 0 Å². The van der Waals surface area contributed by atoms with E-state index < -0.39 is 0 Å². The lowest BCUT2D eigenvalue weighted by molar-refractivity contribution is -0.137. The predicted octanol–water partition coefficient (Wildman–Crippen LogP) is 1.36. The summed E-state index contributed by atoms with van der Waals surface area (Å²) in [5.41, 5.74) is 0. The van der Waals surface area contributed by atoms with E-state index in [0.29, 0.717) is 25.0 Å². The zero-order chi connectivity index (χ0) is 13.7. The second kappa shape index (κ2) is 7.10. The molecule has 0 radical (unpaired) electrons. The average Bonchev–Trinajstić information content (AvgIpc) is 2.73. The molecule has 2 unspecified atom stereocenters. The summed E-state index contributed by atoms with van der Waals surface area (Å²) < 4.78 is 5.43. The highest BCUT2D eigenvalue weighted by Crippen LogP contribution is 2.18. The summed E-state index contributed by atoms with van der Waals surface area (Å²) in [6, 6.07) is 0.166. The first-order chi connectivity index (χ1) is 8.45. The van der Waals surface area contributed by atoms with Gasteiger partial charge in [0.2, 0.25) is 5.91 Å². The molecule has 0 spiro atoms. The van der Waals surface area contributed by atoms with Crippen LogP contribution in [0.4, 0.5) is 0 Å². The molecule has 0 aromatic carbocycles. The van der Waals surface area contributed by atoms with Crippen LogP contribution in [-0.4, -0.2) is 50.2 Å². The maximum atomic E-state index is 12.6. The molecule has 18 heavy (non-hydrogen) atoms. The summed E-state index contributed by atoms with van der Waals surface area (Å²) in [4.78, 5) is 14.6. The molecule has 0 aliphatic carbocycles. The Kier molecular flexibility index (Phi) is 6.09. The number of nitrogens with one attached hydrogen (secondary N) is 1. The van der Waals surface area contributed by atoms with Gasteiger partial charge in [-0.3, -0.25) is 4.79 Å². The average molecular weight is 256 g/mol. The number of carbonyl (C=O) groups excluding carboxylic acids is 1. The van der Waals surface area contributed by atoms with Gasteiger partial charge in [0, 0.05) is 19.1 Å². The van der Waals surface area contributed by atoms with Gasteiger partial charge in [0.05, 0.1) is 19.1 Å². The van der Waals surface area contributed by atoms with E-state index in [0.717, 1.165) is 13.1 Å². The van der Waals surface area contributed by atoms with Gasteiger partial charge >= 0.3 is 0 Å². The maximum Gasteiger partial charge on any atom is 0.229 e. The van der Waals surface area contributed by atoms with E-state index in [-0.39, 0.29) is 17.9 Å². The molecule has 1 aliphatic heterocycles. The summed E-state index contributed by atoms with van der Waals surface area (Å²) in [5, 5.41) is 3.18. The molecule has 0 saturated carbocycles. The molecule has 1 rings (SSSR count). The predicted molar refractivity (Wildman–Crippen MR) is 73.4 cm³/mol. The lowest BCUT2D eigenvalue weighted by atomic mass is 10.0. The van der Waals surface area contributed by atoms with Crippen molar-refractivity contribution in [2.24, 2.45) is 17.8 Å². The molecule has 1 fully saturated rings. The number of rotatable bonds is 6. The van der Waals surface area contributed by atoms with Crippen molar-refractivity contribution in [3.63, 3.8) is 0 Å². The number of nitrogens with zero attached hydrogens (tertiary/aromatic N) is 1. The smallest absolute Gasteiger partial charge is 0.229 e. The van der Waals surface area contributed by atoms with Gasteiger partial charge in [0.15, 0.2) is 0 Å². The highest BCUT2D eigenvalue weighted by molar-refractivity contribution is 5.80. The van der Waals surface area contributed by atoms with Crippen LogP contribution in [0.2, 0.25) is 0 Å². The van der Waals surface area contributed by atoms with E-state index in [1.54, 1.807) is 0 Å². The third-order valence-corrected chi connectivity index (χ3v) is 3.25. The quantitative estimate of drug-likeness (QED) is 0.780. The van der Waals surface area contributed by atoms with Gasteiger partial charge in [-0.05, 0) is 18.9 Å². The van der Waals surface area contributed by atoms with Crippen molar-refractivity contribution in [1.82, 2.24) is 10.2 Å². The molecule has 106 valence electrons. The van der Waals surface area contributed by atoms with Gasteiger partial charge in [-0.2, -0.15) is 0 Å². The lowest BCUT2D eigenvalue weighted by Gasteiger charge is -2.30. The van der Waals surface area contributed by atoms with Crippen molar-refractivity contribution in [1.29, 1.82) is 0 Å². The second-order valence-corrected chi connectivity index (χ2v) is 6.07. The third-order valence-electron chi connectivity index (χ3n) is 3.25. The van der Waals surface area contributed by atoms with E-state index >= 15 is 0 Å². The van der Waals surface area contributed by atoms with Crippen molar-refractivity contribution < 1.29 is 9.53 Å². The molecule has 0 bridgehead atoms. The van der Waals surface area contributed by atoms with Crippen molar-refractivity contribution in [3.05, 3.63) is 0 Å². The van der Waals surface area contributed by atoms with Crippen LogP contribution in [-0.2, 0) is 9.53 Å². The Balaban J connectivity index is 2.68. The number of hydrogen-bond donors (Lipinski definition) is 1. The molecule has 1 saturated heterocycles. The molecule has 1 heterocycles. The van der Waals surface area contributed by atoms with E-state index in [1.165, 1.54) is 0 Å². The second-order valence-electron chi connectivity index (χ2n) is 6.07. The first-order valence-corrected chi connectivity index (χ1v) is 6.99. The van der Waals surface area contributed by atoms with E-state index in [1.807, 2.05) is 11.9 Å². The minimum Gasteiger partial charge on any atom is -0.379 e. The molecule has 0 aromatic rings. The van der Waals surface area contributed by atoms with Crippen LogP contribution in [0.3, 0.4) is 0 Å². The molecule has 2 atom stereocenters. The topological polar surface area (TPSA) is 41.6 Å². The van der Waals surface area contributed by atoms with Crippen molar-refractivity contribution >= 4 is 5.91 Å². The summed E-state index contributed by atoms with van der Waals surface area (Å²) >= 11 is 0.